The van der Waals surface area contributed by atoms with Crippen molar-refractivity contribution in [3.63, 3.8) is 0 Å². The van der Waals surface area contributed by atoms with Crippen molar-refractivity contribution in [3.05, 3.63) is 95.6 Å². The Morgan fingerprint density at radius 1 is 0.944 bits per heavy atom. The first-order valence-electron chi connectivity index (χ1n) is 11.6. The molecule has 4 rings (SSSR count). The van der Waals surface area contributed by atoms with Crippen LogP contribution in [-0.4, -0.2) is 47.2 Å². The number of ether oxygens (including phenoxy) is 1. The van der Waals surface area contributed by atoms with Crippen LogP contribution in [0.2, 0.25) is 0 Å². The molecule has 0 aromatic heterocycles. The summed E-state index contributed by atoms with van der Waals surface area (Å²) in [6.07, 6.45) is 0.196. The van der Waals surface area contributed by atoms with E-state index in [1.165, 1.54) is 41.3 Å². The van der Waals surface area contributed by atoms with E-state index in [1.54, 1.807) is 36.4 Å². The van der Waals surface area contributed by atoms with Gasteiger partial charge in [-0.25, -0.2) is 13.6 Å². The molecular weight excluding hydrogens is 468 g/mol. The first-order valence-corrected chi connectivity index (χ1v) is 11.6. The molecule has 1 heterocycles. The third-order valence-corrected chi connectivity index (χ3v) is 5.94. The predicted molar refractivity (Wildman–Crippen MR) is 131 cm³/mol. The van der Waals surface area contributed by atoms with Crippen LogP contribution in [0.25, 0.3) is 0 Å². The average molecular weight is 496 g/mol. The summed E-state index contributed by atoms with van der Waals surface area (Å²) in [5.41, 5.74) is 1.64. The number of nitrogens with zero attached hydrogens (tertiary/aromatic N) is 1. The van der Waals surface area contributed by atoms with Crippen LogP contribution in [0.15, 0.2) is 72.8 Å². The molecule has 0 unspecified atom stereocenters. The van der Waals surface area contributed by atoms with Gasteiger partial charge in [-0.2, -0.15) is 0 Å². The molecule has 3 aromatic rings. The van der Waals surface area contributed by atoms with Crippen LogP contribution in [0.1, 0.15) is 28.8 Å². The Hall–Kier alpha value is -3.98. The van der Waals surface area contributed by atoms with Crippen LogP contribution in [-0.2, 0) is 6.61 Å². The number of hydrogen-bond acceptors (Lipinski definition) is 4. The number of aliphatic hydroxyl groups excluding tert-OH is 1. The van der Waals surface area contributed by atoms with E-state index in [9.17, 15) is 23.5 Å². The molecule has 3 aromatic carbocycles. The number of hydrogen-bond donors (Lipinski definition) is 3. The summed E-state index contributed by atoms with van der Waals surface area (Å²) in [5.74, 6) is -0.551. The molecule has 0 bridgehead atoms. The van der Waals surface area contributed by atoms with Gasteiger partial charge in [0.15, 0.2) is 0 Å². The van der Waals surface area contributed by atoms with E-state index in [4.69, 9.17) is 4.74 Å². The van der Waals surface area contributed by atoms with Gasteiger partial charge in [0.25, 0.3) is 5.91 Å². The van der Waals surface area contributed by atoms with E-state index in [0.717, 1.165) is 5.56 Å². The van der Waals surface area contributed by atoms with Crippen molar-refractivity contribution >= 4 is 17.6 Å². The van der Waals surface area contributed by atoms with Crippen LogP contribution in [0.5, 0.6) is 5.75 Å². The Balaban J connectivity index is 1.33. The second kappa shape index (κ2) is 11.6. The summed E-state index contributed by atoms with van der Waals surface area (Å²) in [5, 5.41) is 16.1. The molecule has 0 saturated carbocycles. The highest BCUT2D eigenvalue weighted by Crippen LogP contribution is 2.17. The zero-order valence-electron chi connectivity index (χ0n) is 19.5. The number of carbonyl (C=O) groups excluding carboxylic acids is 2. The van der Waals surface area contributed by atoms with Crippen molar-refractivity contribution in [2.75, 3.05) is 18.4 Å². The third kappa shape index (κ3) is 6.79. The van der Waals surface area contributed by atoms with E-state index >= 15 is 0 Å². The quantitative estimate of drug-likeness (QED) is 0.475. The molecule has 1 aliphatic heterocycles. The maximum Gasteiger partial charge on any atom is 0.321 e. The number of anilines is 1. The van der Waals surface area contributed by atoms with Gasteiger partial charge in [-0.15, -0.1) is 0 Å². The smallest absolute Gasteiger partial charge is 0.321 e. The van der Waals surface area contributed by atoms with Crippen molar-refractivity contribution < 1.29 is 28.2 Å². The molecule has 1 saturated heterocycles. The summed E-state index contributed by atoms with van der Waals surface area (Å²) >= 11 is 0. The number of urea groups is 1. The lowest BCUT2D eigenvalue weighted by atomic mass is 10.1. The SMILES string of the molecule is O=C(N[C@@H]1CN(C(=O)Nc2ccc(F)cc2)CCC[C@H]1O)c1ccc(OCc2ccc(F)cc2)cc1. The number of carbonyl (C=O) groups is 2. The second-order valence-electron chi connectivity index (χ2n) is 8.61. The molecule has 2 atom stereocenters. The van der Waals surface area contributed by atoms with Crippen LogP contribution in [0, 0.1) is 11.6 Å². The van der Waals surface area contributed by atoms with E-state index < -0.39 is 24.0 Å². The fraction of sp³-hybridized carbons (Fsp3) is 0.259. The highest BCUT2D eigenvalue weighted by atomic mass is 19.1. The molecule has 1 aliphatic rings. The normalized spacial score (nSPS) is 17.7. The van der Waals surface area contributed by atoms with Gasteiger partial charge < -0.3 is 25.4 Å². The minimum absolute atomic E-state index is 0.124. The molecule has 9 heteroatoms. The maximum absolute atomic E-state index is 13.1. The molecule has 0 spiro atoms. The van der Waals surface area contributed by atoms with Crippen LogP contribution >= 0.6 is 0 Å². The number of aliphatic hydroxyl groups is 1. The van der Waals surface area contributed by atoms with E-state index in [0.29, 0.717) is 36.4 Å². The third-order valence-electron chi connectivity index (χ3n) is 5.94. The van der Waals surface area contributed by atoms with E-state index in [-0.39, 0.29) is 24.9 Å². The van der Waals surface area contributed by atoms with Crippen molar-refractivity contribution in [2.24, 2.45) is 0 Å². The number of benzene rings is 3. The fourth-order valence-electron chi connectivity index (χ4n) is 3.91. The molecule has 7 nitrogen and oxygen atoms in total. The number of rotatable bonds is 6. The van der Waals surface area contributed by atoms with Crippen LogP contribution in [0.4, 0.5) is 19.3 Å². The molecule has 3 amide bonds. The Labute approximate surface area is 207 Å². The van der Waals surface area contributed by atoms with Gasteiger partial charge in [-0.3, -0.25) is 4.79 Å². The summed E-state index contributed by atoms with van der Waals surface area (Å²) < 4.78 is 31.8. The molecule has 0 aliphatic carbocycles. The maximum atomic E-state index is 13.1. The molecule has 188 valence electrons. The fourth-order valence-corrected chi connectivity index (χ4v) is 3.91. The van der Waals surface area contributed by atoms with E-state index in [2.05, 4.69) is 10.6 Å². The Kier molecular flexibility index (Phi) is 8.12. The highest BCUT2D eigenvalue weighted by Gasteiger charge is 2.29. The summed E-state index contributed by atoms with van der Waals surface area (Å²) in [4.78, 5) is 27.1. The molecule has 0 radical (unpaired) electrons. The lowest BCUT2D eigenvalue weighted by molar-refractivity contribution is 0.0811. The highest BCUT2D eigenvalue weighted by molar-refractivity contribution is 5.94. The standard InChI is InChI=1S/C27H27F2N3O4/c28-20-7-3-18(4-8-20)17-36-23-13-5-19(6-14-23)26(34)31-24-16-32(15-1-2-25(24)33)27(35)30-22-11-9-21(29)10-12-22/h3-14,24-25,33H,1-2,15-17H2,(H,30,35)(H,31,34)/t24-,25-/m1/s1. The van der Waals surface area contributed by atoms with Crippen molar-refractivity contribution in [3.8, 4) is 5.75 Å². The summed E-state index contributed by atoms with van der Waals surface area (Å²) in [6.45, 7) is 0.797. The number of amides is 3. The zero-order chi connectivity index (χ0) is 25.5. The lowest BCUT2D eigenvalue weighted by Crippen LogP contribution is -2.50. The van der Waals surface area contributed by atoms with E-state index in [1.807, 2.05) is 0 Å². The van der Waals surface area contributed by atoms with Gasteiger partial charge in [0.2, 0.25) is 0 Å². The Morgan fingerprint density at radius 3 is 2.25 bits per heavy atom. The minimum atomic E-state index is -0.809. The van der Waals surface area contributed by atoms with Gasteiger partial charge >= 0.3 is 6.03 Å². The molecular formula is C27H27F2N3O4. The van der Waals surface area contributed by atoms with Crippen molar-refractivity contribution in [1.29, 1.82) is 0 Å². The lowest BCUT2D eigenvalue weighted by Gasteiger charge is -2.27. The number of likely N-dealkylation sites (tertiary alicyclic amines) is 1. The Bertz CT molecular complexity index is 1170. The molecule has 36 heavy (non-hydrogen) atoms. The monoisotopic (exact) mass is 495 g/mol. The molecule has 3 N–H and O–H groups in total. The largest absolute Gasteiger partial charge is 0.489 e. The van der Waals surface area contributed by atoms with Crippen LogP contribution in [0.3, 0.4) is 0 Å². The topological polar surface area (TPSA) is 90.9 Å². The first kappa shape index (κ1) is 25.1. The summed E-state index contributed by atoms with van der Waals surface area (Å²) in [6, 6.07) is 16.9. The van der Waals surface area contributed by atoms with Crippen LogP contribution < -0.4 is 15.4 Å². The zero-order valence-corrected chi connectivity index (χ0v) is 19.5. The predicted octanol–water partition coefficient (Wildman–Crippen LogP) is 4.33. The van der Waals surface area contributed by atoms with Crippen molar-refractivity contribution in [2.45, 2.75) is 31.6 Å². The van der Waals surface area contributed by atoms with Gasteiger partial charge in [-0.1, -0.05) is 12.1 Å². The second-order valence-corrected chi connectivity index (χ2v) is 8.61. The Morgan fingerprint density at radius 2 is 1.58 bits per heavy atom. The number of halogens is 2. The number of nitrogens with one attached hydrogen (secondary N) is 2. The minimum Gasteiger partial charge on any atom is -0.489 e. The van der Waals surface area contributed by atoms with Gasteiger partial charge in [0.05, 0.1) is 12.1 Å². The van der Waals surface area contributed by atoms with Gasteiger partial charge in [0.1, 0.15) is 24.0 Å². The average Bonchev–Trinajstić information content (AvgIpc) is 3.06. The molecule has 1 fully saturated rings. The summed E-state index contributed by atoms with van der Waals surface area (Å²) in [7, 11) is 0. The van der Waals surface area contributed by atoms with Gasteiger partial charge in [0, 0.05) is 24.3 Å². The van der Waals surface area contributed by atoms with Crippen molar-refractivity contribution in [1.82, 2.24) is 10.2 Å². The van der Waals surface area contributed by atoms with Gasteiger partial charge in [-0.05, 0) is 79.1 Å². The first-order chi connectivity index (χ1) is 17.4.